The van der Waals surface area contributed by atoms with Crippen LogP contribution in [0.15, 0.2) is 41.4 Å². The van der Waals surface area contributed by atoms with Crippen LogP contribution in [0.25, 0.3) is 17.0 Å². The van der Waals surface area contributed by atoms with Crippen LogP contribution in [0.4, 0.5) is 4.39 Å². The Kier molecular flexibility index (Phi) is 2.29. The first-order valence-corrected chi connectivity index (χ1v) is 5.37. The van der Waals surface area contributed by atoms with Gasteiger partial charge in [-0.1, -0.05) is 12.1 Å². The molecule has 6 heteroatoms. The lowest BCUT2D eigenvalue weighted by Gasteiger charge is -2.00. The van der Waals surface area contributed by atoms with E-state index in [-0.39, 0.29) is 5.82 Å². The summed E-state index contributed by atoms with van der Waals surface area (Å²) in [6.07, 6.45) is 0. The van der Waals surface area contributed by atoms with Crippen molar-refractivity contribution in [2.75, 3.05) is 0 Å². The van der Waals surface area contributed by atoms with Gasteiger partial charge in [0.25, 0.3) is 0 Å². The third-order valence-electron chi connectivity index (χ3n) is 2.36. The molecule has 3 aromatic rings. The van der Waals surface area contributed by atoms with E-state index in [0.717, 1.165) is 0 Å². The highest BCUT2D eigenvalue weighted by molar-refractivity contribution is 7.80. The summed E-state index contributed by atoms with van der Waals surface area (Å²) in [4.78, 5) is 0. The second kappa shape index (κ2) is 3.81. The van der Waals surface area contributed by atoms with Crippen molar-refractivity contribution in [1.82, 2.24) is 19.8 Å². The highest BCUT2D eigenvalue weighted by Crippen LogP contribution is 2.20. The first kappa shape index (κ1) is 10.2. The first-order chi connectivity index (χ1) is 8.25. The minimum Gasteiger partial charge on any atom is -0.206 e. The van der Waals surface area contributed by atoms with Crippen molar-refractivity contribution in [1.29, 1.82) is 0 Å². The molecular formula is C11H7FN4S. The minimum atomic E-state index is -0.354. The number of halogens is 1. The summed E-state index contributed by atoms with van der Waals surface area (Å²) in [7, 11) is 0. The summed E-state index contributed by atoms with van der Waals surface area (Å²) in [5.74, 6) is 0.0159. The van der Waals surface area contributed by atoms with Crippen LogP contribution < -0.4 is 0 Å². The van der Waals surface area contributed by atoms with Gasteiger partial charge in [-0.25, -0.2) is 4.39 Å². The number of fused-ring (bicyclic) bond motifs is 1. The first-order valence-electron chi connectivity index (χ1n) is 4.92. The zero-order valence-corrected chi connectivity index (χ0v) is 9.47. The van der Waals surface area contributed by atoms with E-state index < -0.39 is 0 Å². The number of benzene rings is 1. The van der Waals surface area contributed by atoms with Crippen LogP contribution in [0.3, 0.4) is 0 Å². The van der Waals surface area contributed by atoms with Gasteiger partial charge in [0, 0.05) is 0 Å². The second-order valence-electron chi connectivity index (χ2n) is 3.46. The van der Waals surface area contributed by atoms with E-state index in [2.05, 4.69) is 27.9 Å². The molecule has 0 N–H and O–H groups in total. The van der Waals surface area contributed by atoms with Crippen molar-refractivity contribution < 1.29 is 4.39 Å². The number of aromatic nitrogens is 4. The molecule has 0 unspecified atom stereocenters. The Morgan fingerprint density at radius 1 is 1.06 bits per heavy atom. The topological polar surface area (TPSA) is 43.1 Å². The molecule has 84 valence electrons. The molecule has 0 amide bonds. The number of thiol groups is 1. The van der Waals surface area contributed by atoms with E-state index in [4.69, 9.17) is 0 Å². The van der Waals surface area contributed by atoms with Gasteiger partial charge in [-0.05, 0) is 24.3 Å². The maximum atomic E-state index is 13.7. The molecule has 3 rings (SSSR count). The van der Waals surface area contributed by atoms with E-state index in [1.807, 2.05) is 0 Å². The Balaban J connectivity index is 2.31. The summed E-state index contributed by atoms with van der Waals surface area (Å²) in [6.45, 7) is 0. The molecule has 4 nitrogen and oxygen atoms in total. The largest absolute Gasteiger partial charge is 0.206 e. The van der Waals surface area contributed by atoms with E-state index in [9.17, 15) is 4.39 Å². The van der Waals surface area contributed by atoms with Gasteiger partial charge in [0.15, 0.2) is 11.5 Å². The second-order valence-corrected chi connectivity index (χ2v) is 3.92. The fourth-order valence-corrected chi connectivity index (χ4v) is 1.75. The van der Waals surface area contributed by atoms with Gasteiger partial charge in [-0.15, -0.1) is 22.8 Å². The monoisotopic (exact) mass is 246 g/mol. The molecule has 0 aliphatic carbocycles. The molecule has 0 saturated heterocycles. The molecule has 1 aromatic carbocycles. The minimum absolute atomic E-state index is 0.354. The van der Waals surface area contributed by atoms with Gasteiger partial charge in [0.05, 0.1) is 5.56 Å². The fraction of sp³-hybridized carbons (Fsp3) is 0. The van der Waals surface area contributed by atoms with Crippen LogP contribution in [0.1, 0.15) is 0 Å². The van der Waals surface area contributed by atoms with E-state index >= 15 is 0 Å². The summed E-state index contributed by atoms with van der Waals surface area (Å²) in [6, 6.07) is 9.81. The quantitative estimate of drug-likeness (QED) is 0.669. The highest BCUT2D eigenvalue weighted by Gasteiger charge is 2.12. The smallest absolute Gasteiger partial charge is 0.188 e. The maximum Gasteiger partial charge on any atom is 0.188 e. The Morgan fingerprint density at radius 3 is 2.71 bits per heavy atom. The number of rotatable bonds is 1. The molecule has 0 aliphatic heterocycles. The van der Waals surface area contributed by atoms with Crippen molar-refractivity contribution in [3.8, 4) is 11.4 Å². The maximum absolute atomic E-state index is 13.7. The molecule has 2 heterocycles. The van der Waals surface area contributed by atoms with Gasteiger partial charge in [-0.3, -0.25) is 0 Å². The van der Waals surface area contributed by atoms with Crippen molar-refractivity contribution >= 4 is 18.3 Å². The van der Waals surface area contributed by atoms with Crippen LogP contribution in [0, 0.1) is 5.82 Å². The predicted octanol–water partition coefficient (Wildman–Crippen LogP) is 2.22. The molecule has 0 fully saturated rings. The summed E-state index contributed by atoms with van der Waals surface area (Å²) < 4.78 is 15.1. The lowest BCUT2D eigenvalue weighted by atomic mass is 10.2. The van der Waals surface area contributed by atoms with E-state index in [1.165, 1.54) is 10.6 Å². The van der Waals surface area contributed by atoms with Crippen LogP contribution in [-0.4, -0.2) is 19.8 Å². The lowest BCUT2D eigenvalue weighted by molar-refractivity contribution is 0.629. The molecule has 2 aromatic heterocycles. The molecule has 0 bridgehead atoms. The predicted molar refractivity (Wildman–Crippen MR) is 63.4 cm³/mol. The number of hydrogen-bond donors (Lipinski definition) is 1. The van der Waals surface area contributed by atoms with Gasteiger partial charge in [0.1, 0.15) is 10.8 Å². The fourth-order valence-electron chi connectivity index (χ4n) is 1.59. The van der Waals surface area contributed by atoms with Crippen LogP contribution >= 0.6 is 12.6 Å². The summed E-state index contributed by atoms with van der Waals surface area (Å²) in [5.41, 5.74) is 0.924. The van der Waals surface area contributed by atoms with Crippen molar-refractivity contribution in [3.63, 3.8) is 0 Å². The molecule has 0 aliphatic rings. The summed E-state index contributed by atoms with van der Waals surface area (Å²) >= 11 is 4.14. The highest BCUT2D eigenvalue weighted by atomic mass is 32.1. The number of nitrogens with zero attached hydrogens (tertiary/aromatic N) is 4. The Bertz CT molecular complexity index is 695. The zero-order valence-electron chi connectivity index (χ0n) is 8.58. The van der Waals surface area contributed by atoms with E-state index in [0.29, 0.717) is 22.1 Å². The zero-order chi connectivity index (χ0) is 11.8. The van der Waals surface area contributed by atoms with Crippen molar-refractivity contribution in [2.24, 2.45) is 0 Å². The normalized spacial score (nSPS) is 10.9. The average Bonchev–Trinajstić information content (AvgIpc) is 2.72. The Hall–Kier alpha value is -1.95. The third-order valence-corrected chi connectivity index (χ3v) is 2.60. The Morgan fingerprint density at radius 2 is 1.88 bits per heavy atom. The molecular weight excluding hydrogens is 239 g/mol. The van der Waals surface area contributed by atoms with E-state index in [1.54, 1.807) is 30.3 Å². The van der Waals surface area contributed by atoms with Gasteiger partial charge < -0.3 is 0 Å². The van der Waals surface area contributed by atoms with Crippen molar-refractivity contribution in [2.45, 2.75) is 5.03 Å². The van der Waals surface area contributed by atoms with Crippen LogP contribution in [0.2, 0.25) is 0 Å². The number of hydrogen-bond acceptors (Lipinski definition) is 4. The van der Waals surface area contributed by atoms with Gasteiger partial charge in [-0.2, -0.15) is 9.61 Å². The molecule has 0 atom stereocenters. The molecule has 0 saturated carbocycles. The molecule has 0 radical (unpaired) electrons. The Labute approximate surface area is 102 Å². The lowest BCUT2D eigenvalue weighted by Crippen LogP contribution is -1.96. The average molecular weight is 246 g/mol. The molecule has 17 heavy (non-hydrogen) atoms. The van der Waals surface area contributed by atoms with Crippen LogP contribution in [0.5, 0.6) is 0 Å². The SMILES string of the molecule is Fc1ccccc1-c1nnc2ccc(S)nn12. The van der Waals surface area contributed by atoms with Crippen molar-refractivity contribution in [3.05, 3.63) is 42.2 Å². The standard InChI is InChI=1S/C11H7FN4S/c12-8-4-2-1-3-7(8)11-14-13-9-5-6-10(17)15-16(9)11/h1-6H,(H,15,17). The third kappa shape index (κ3) is 1.66. The summed E-state index contributed by atoms with van der Waals surface area (Å²) in [5, 5.41) is 12.5. The van der Waals surface area contributed by atoms with Gasteiger partial charge in [0.2, 0.25) is 0 Å². The van der Waals surface area contributed by atoms with Crippen LogP contribution in [-0.2, 0) is 0 Å². The molecule has 0 spiro atoms. The van der Waals surface area contributed by atoms with Gasteiger partial charge >= 0.3 is 0 Å².